The summed E-state index contributed by atoms with van der Waals surface area (Å²) in [6.45, 7) is 4.20. The number of nitrogens with two attached hydrogens (primary N) is 1. The van der Waals surface area contributed by atoms with Crippen LogP contribution in [0.5, 0.6) is 0 Å². The largest absolute Gasteiger partial charge is 0.352 e. The standard InChI is InChI=1S/C13H23N3O2/c1-8-5-13(6-8,7-14)12(18)15-9(2)11(17)16-10-3-4-10/h8-10H,3-7,14H2,1-2H3,(H,15,18)(H,16,17). The summed E-state index contributed by atoms with van der Waals surface area (Å²) in [6.07, 6.45) is 3.76. The Labute approximate surface area is 108 Å². The average molecular weight is 253 g/mol. The van der Waals surface area contributed by atoms with Crippen molar-refractivity contribution in [2.75, 3.05) is 6.54 Å². The summed E-state index contributed by atoms with van der Waals surface area (Å²) in [7, 11) is 0. The molecule has 102 valence electrons. The molecule has 0 bridgehead atoms. The first-order valence-corrected chi connectivity index (χ1v) is 6.78. The third kappa shape index (κ3) is 2.66. The van der Waals surface area contributed by atoms with Crippen LogP contribution in [0.4, 0.5) is 0 Å². The topological polar surface area (TPSA) is 84.2 Å². The van der Waals surface area contributed by atoms with Crippen molar-refractivity contribution >= 4 is 11.8 Å². The zero-order valence-electron chi connectivity index (χ0n) is 11.2. The Morgan fingerprint density at radius 3 is 2.44 bits per heavy atom. The summed E-state index contributed by atoms with van der Waals surface area (Å²) in [5.74, 6) is 0.391. The van der Waals surface area contributed by atoms with Crippen LogP contribution in [-0.2, 0) is 9.59 Å². The van der Waals surface area contributed by atoms with Gasteiger partial charge in [0.25, 0.3) is 0 Å². The Morgan fingerprint density at radius 2 is 2.00 bits per heavy atom. The van der Waals surface area contributed by atoms with E-state index in [-0.39, 0.29) is 11.8 Å². The Balaban J connectivity index is 1.83. The monoisotopic (exact) mass is 253 g/mol. The molecule has 0 aliphatic heterocycles. The van der Waals surface area contributed by atoms with Crippen molar-refractivity contribution in [3.8, 4) is 0 Å². The van der Waals surface area contributed by atoms with E-state index >= 15 is 0 Å². The third-order valence-electron chi connectivity index (χ3n) is 4.02. The molecule has 2 aliphatic carbocycles. The van der Waals surface area contributed by atoms with Crippen molar-refractivity contribution in [1.29, 1.82) is 0 Å². The molecule has 4 N–H and O–H groups in total. The van der Waals surface area contributed by atoms with Gasteiger partial charge in [-0.25, -0.2) is 0 Å². The number of carbonyl (C=O) groups is 2. The average Bonchev–Trinajstić information content (AvgIpc) is 3.07. The number of hydrogen-bond donors (Lipinski definition) is 3. The van der Waals surface area contributed by atoms with Gasteiger partial charge >= 0.3 is 0 Å². The second kappa shape index (κ2) is 4.88. The van der Waals surface area contributed by atoms with Crippen LogP contribution in [0.25, 0.3) is 0 Å². The number of amides is 2. The number of hydrogen-bond acceptors (Lipinski definition) is 3. The van der Waals surface area contributed by atoms with Crippen LogP contribution in [0.3, 0.4) is 0 Å². The second-order valence-corrected chi connectivity index (χ2v) is 5.98. The maximum atomic E-state index is 12.2. The summed E-state index contributed by atoms with van der Waals surface area (Å²) >= 11 is 0. The zero-order chi connectivity index (χ0) is 13.3. The zero-order valence-corrected chi connectivity index (χ0v) is 11.2. The normalized spacial score (nSPS) is 32.3. The van der Waals surface area contributed by atoms with Crippen LogP contribution in [0.1, 0.15) is 39.5 Å². The van der Waals surface area contributed by atoms with Gasteiger partial charge < -0.3 is 16.4 Å². The van der Waals surface area contributed by atoms with E-state index in [9.17, 15) is 9.59 Å². The fourth-order valence-corrected chi connectivity index (χ4v) is 2.69. The molecule has 0 radical (unpaired) electrons. The van der Waals surface area contributed by atoms with Crippen LogP contribution in [0.2, 0.25) is 0 Å². The summed E-state index contributed by atoms with van der Waals surface area (Å²) < 4.78 is 0. The molecule has 0 aromatic heterocycles. The van der Waals surface area contributed by atoms with E-state index in [1.807, 2.05) is 0 Å². The molecule has 2 saturated carbocycles. The van der Waals surface area contributed by atoms with Crippen LogP contribution < -0.4 is 16.4 Å². The summed E-state index contributed by atoms with van der Waals surface area (Å²) in [5, 5.41) is 5.68. The molecule has 2 amide bonds. The summed E-state index contributed by atoms with van der Waals surface area (Å²) in [4.78, 5) is 23.9. The van der Waals surface area contributed by atoms with Crippen LogP contribution in [0.15, 0.2) is 0 Å². The van der Waals surface area contributed by atoms with Crippen molar-refractivity contribution in [2.24, 2.45) is 17.1 Å². The minimum Gasteiger partial charge on any atom is -0.352 e. The summed E-state index contributed by atoms with van der Waals surface area (Å²) in [5.41, 5.74) is 5.28. The van der Waals surface area contributed by atoms with Crippen LogP contribution in [-0.4, -0.2) is 30.4 Å². The lowest BCUT2D eigenvalue weighted by atomic mass is 9.62. The minimum atomic E-state index is -0.475. The smallest absolute Gasteiger partial charge is 0.242 e. The number of nitrogens with one attached hydrogen (secondary N) is 2. The fourth-order valence-electron chi connectivity index (χ4n) is 2.69. The highest BCUT2D eigenvalue weighted by atomic mass is 16.2. The molecular weight excluding hydrogens is 230 g/mol. The van der Waals surface area contributed by atoms with Crippen molar-refractivity contribution < 1.29 is 9.59 Å². The predicted molar refractivity (Wildman–Crippen MR) is 68.7 cm³/mol. The van der Waals surface area contributed by atoms with E-state index in [0.29, 0.717) is 18.5 Å². The molecule has 1 atom stereocenters. The minimum absolute atomic E-state index is 0.0680. The summed E-state index contributed by atoms with van der Waals surface area (Å²) in [6, 6.07) is -0.151. The van der Waals surface area contributed by atoms with Crippen LogP contribution >= 0.6 is 0 Å². The van der Waals surface area contributed by atoms with Crippen molar-refractivity contribution in [1.82, 2.24) is 10.6 Å². The van der Waals surface area contributed by atoms with Crippen LogP contribution in [0, 0.1) is 11.3 Å². The number of rotatable bonds is 5. The lowest BCUT2D eigenvalue weighted by molar-refractivity contribution is -0.141. The van der Waals surface area contributed by atoms with Gasteiger partial charge in [-0.15, -0.1) is 0 Å². The Hall–Kier alpha value is -1.10. The van der Waals surface area contributed by atoms with Gasteiger partial charge in [0.15, 0.2) is 0 Å². The second-order valence-electron chi connectivity index (χ2n) is 5.98. The van der Waals surface area contributed by atoms with E-state index in [1.165, 1.54) is 0 Å². The molecule has 2 fully saturated rings. The van der Waals surface area contributed by atoms with Gasteiger partial charge in [0.05, 0.1) is 5.41 Å². The van der Waals surface area contributed by atoms with Crippen molar-refractivity contribution in [2.45, 2.75) is 51.6 Å². The Morgan fingerprint density at radius 1 is 1.39 bits per heavy atom. The molecule has 0 aromatic carbocycles. The first kappa shape index (κ1) is 13.3. The number of carbonyl (C=O) groups excluding carboxylic acids is 2. The van der Waals surface area contributed by atoms with E-state index in [1.54, 1.807) is 6.92 Å². The highest BCUT2D eigenvalue weighted by Gasteiger charge is 2.47. The van der Waals surface area contributed by atoms with Gasteiger partial charge in [0, 0.05) is 12.6 Å². The van der Waals surface area contributed by atoms with E-state index in [0.717, 1.165) is 25.7 Å². The molecule has 0 spiro atoms. The van der Waals surface area contributed by atoms with Gasteiger partial charge in [-0.1, -0.05) is 6.92 Å². The molecule has 0 aromatic rings. The maximum Gasteiger partial charge on any atom is 0.242 e. The van der Waals surface area contributed by atoms with Gasteiger partial charge in [-0.2, -0.15) is 0 Å². The molecule has 5 nitrogen and oxygen atoms in total. The highest BCUT2D eigenvalue weighted by Crippen LogP contribution is 2.44. The first-order valence-electron chi connectivity index (χ1n) is 6.78. The molecule has 2 rings (SSSR count). The quantitative estimate of drug-likeness (QED) is 0.652. The van der Waals surface area contributed by atoms with Gasteiger partial charge in [-0.3, -0.25) is 9.59 Å². The molecular formula is C13H23N3O2. The highest BCUT2D eigenvalue weighted by molar-refractivity contribution is 5.90. The van der Waals surface area contributed by atoms with E-state index in [2.05, 4.69) is 17.6 Å². The molecule has 5 heteroatoms. The first-order chi connectivity index (χ1) is 8.47. The SMILES string of the molecule is CC1CC(CN)(C(=O)NC(C)C(=O)NC2CC2)C1. The molecule has 0 saturated heterocycles. The molecule has 0 heterocycles. The Bertz CT molecular complexity index is 346. The third-order valence-corrected chi connectivity index (χ3v) is 4.02. The molecule has 1 unspecified atom stereocenters. The van der Waals surface area contributed by atoms with Gasteiger partial charge in [-0.05, 0) is 38.5 Å². The fraction of sp³-hybridized carbons (Fsp3) is 0.846. The van der Waals surface area contributed by atoms with E-state index in [4.69, 9.17) is 5.73 Å². The van der Waals surface area contributed by atoms with E-state index < -0.39 is 11.5 Å². The predicted octanol–water partition coefficient (Wildman–Crippen LogP) is 0.145. The lowest BCUT2D eigenvalue weighted by Gasteiger charge is -2.44. The maximum absolute atomic E-state index is 12.2. The van der Waals surface area contributed by atoms with Crippen molar-refractivity contribution in [3.05, 3.63) is 0 Å². The van der Waals surface area contributed by atoms with Gasteiger partial charge in [0.2, 0.25) is 11.8 Å². The molecule has 18 heavy (non-hydrogen) atoms. The van der Waals surface area contributed by atoms with Crippen molar-refractivity contribution in [3.63, 3.8) is 0 Å². The Kier molecular flexibility index (Phi) is 3.61. The molecule has 2 aliphatic rings. The lowest BCUT2D eigenvalue weighted by Crippen LogP contribution is -2.57. The van der Waals surface area contributed by atoms with Gasteiger partial charge in [0.1, 0.15) is 6.04 Å².